The van der Waals surface area contributed by atoms with Crippen molar-refractivity contribution in [1.82, 2.24) is 10.2 Å². The second kappa shape index (κ2) is 4.58. The Kier molecular flexibility index (Phi) is 3.69. The minimum atomic E-state index is -0.889. The summed E-state index contributed by atoms with van der Waals surface area (Å²) in [6.07, 6.45) is 1.07. The lowest BCUT2D eigenvalue weighted by Gasteiger charge is -2.29. The molecule has 0 spiro atoms. The van der Waals surface area contributed by atoms with Crippen LogP contribution >= 0.6 is 0 Å². The molecule has 1 rings (SSSR count). The molecule has 1 fully saturated rings. The molecule has 4 heteroatoms. The fourth-order valence-corrected chi connectivity index (χ4v) is 1.47. The van der Waals surface area contributed by atoms with E-state index in [0.29, 0.717) is 0 Å². The summed E-state index contributed by atoms with van der Waals surface area (Å²) >= 11 is 0. The summed E-state index contributed by atoms with van der Waals surface area (Å²) in [5, 5.41) is 11.8. The van der Waals surface area contributed by atoms with E-state index in [1.165, 1.54) is 6.92 Å². The van der Waals surface area contributed by atoms with Gasteiger partial charge in [0.25, 0.3) is 0 Å². The van der Waals surface area contributed by atoms with Gasteiger partial charge in [0.2, 0.25) is 5.91 Å². The monoisotopic (exact) mass is 186 g/mol. The van der Waals surface area contributed by atoms with Crippen LogP contribution in [0.3, 0.4) is 0 Å². The number of carbonyl (C=O) groups excluding carboxylic acids is 1. The fraction of sp³-hybridized carbons (Fsp3) is 0.889. The molecule has 0 unspecified atom stereocenters. The SMILES string of the molecule is C[C@H](O)C(=O)NC1CCN(C)CC1. The molecular weight excluding hydrogens is 168 g/mol. The van der Waals surface area contributed by atoms with E-state index >= 15 is 0 Å². The third kappa shape index (κ3) is 3.32. The molecule has 1 saturated heterocycles. The summed E-state index contributed by atoms with van der Waals surface area (Å²) in [6, 6.07) is 0.248. The summed E-state index contributed by atoms with van der Waals surface area (Å²) in [5.74, 6) is -0.255. The van der Waals surface area contributed by atoms with E-state index in [1.807, 2.05) is 0 Å². The van der Waals surface area contributed by atoms with Crippen molar-refractivity contribution in [1.29, 1.82) is 0 Å². The van der Waals surface area contributed by atoms with Gasteiger partial charge in [-0.05, 0) is 39.9 Å². The van der Waals surface area contributed by atoms with E-state index < -0.39 is 6.10 Å². The highest BCUT2D eigenvalue weighted by molar-refractivity contribution is 5.80. The van der Waals surface area contributed by atoms with Crippen molar-refractivity contribution in [2.45, 2.75) is 31.9 Å². The highest BCUT2D eigenvalue weighted by Crippen LogP contribution is 2.07. The number of rotatable bonds is 2. The topological polar surface area (TPSA) is 52.6 Å². The van der Waals surface area contributed by atoms with E-state index in [0.717, 1.165) is 25.9 Å². The quantitative estimate of drug-likeness (QED) is 0.615. The van der Waals surface area contributed by atoms with Crippen molar-refractivity contribution in [3.05, 3.63) is 0 Å². The lowest BCUT2D eigenvalue weighted by atomic mass is 10.1. The van der Waals surface area contributed by atoms with Crippen molar-refractivity contribution in [3.8, 4) is 0 Å². The van der Waals surface area contributed by atoms with Gasteiger partial charge in [-0.15, -0.1) is 0 Å². The number of carbonyl (C=O) groups is 1. The maximum Gasteiger partial charge on any atom is 0.248 e. The van der Waals surface area contributed by atoms with Crippen molar-refractivity contribution >= 4 is 5.91 Å². The van der Waals surface area contributed by atoms with Gasteiger partial charge in [-0.3, -0.25) is 4.79 Å². The van der Waals surface area contributed by atoms with Crippen LogP contribution in [0.15, 0.2) is 0 Å². The maximum atomic E-state index is 11.1. The summed E-state index contributed by atoms with van der Waals surface area (Å²) in [7, 11) is 2.08. The molecule has 0 saturated carbocycles. The molecule has 0 aliphatic carbocycles. The average molecular weight is 186 g/mol. The van der Waals surface area contributed by atoms with Gasteiger partial charge >= 0.3 is 0 Å². The Morgan fingerprint density at radius 2 is 2.08 bits per heavy atom. The minimum Gasteiger partial charge on any atom is -0.384 e. The number of nitrogens with one attached hydrogen (secondary N) is 1. The van der Waals surface area contributed by atoms with Crippen LogP contribution in [0.5, 0.6) is 0 Å². The molecule has 1 heterocycles. The third-order valence-corrected chi connectivity index (χ3v) is 2.44. The summed E-state index contributed by atoms with van der Waals surface area (Å²) in [6.45, 7) is 3.53. The lowest BCUT2D eigenvalue weighted by molar-refractivity contribution is -0.129. The van der Waals surface area contributed by atoms with E-state index in [9.17, 15) is 4.79 Å². The first-order valence-electron chi connectivity index (χ1n) is 4.76. The summed E-state index contributed by atoms with van der Waals surface area (Å²) < 4.78 is 0. The number of hydrogen-bond donors (Lipinski definition) is 2. The predicted molar refractivity (Wildman–Crippen MR) is 50.3 cm³/mol. The van der Waals surface area contributed by atoms with Gasteiger partial charge in [0, 0.05) is 6.04 Å². The van der Waals surface area contributed by atoms with E-state index in [4.69, 9.17) is 5.11 Å². The van der Waals surface area contributed by atoms with E-state index in [-0.39, 0.29) is 11.9 Å². The predicted octanol–water partition coefficient (Wildman–Crippen LogP) is -0.422. The third-order valence-electron chi connectivity index (χ3n) is 2.44. The molecule has 76 valence electrons. The van der Waals surface area contributed by atoms with Crippen LogP contribution < -0.4 is 5.32 Å². The van der Waals surface area contributed by atoms with Gasteiger partial charge in [-0.2, -0.15) is 0 Å². The van der Waals surface area contributed by atoms with Gasteiger partial charge in [-0.25, -0.2) is 0 Å². The molecule has 2 N–H and O–H groups in total. The molecule has 1 aliphatic rings. The van der Waals surface area contributed by atoms with Gasteiger partial charge in [0.1, 0.15) is 6.10 Å². The van der Waals surface area contributed by atoms with Crippen LogP contribution in [0.1, 0.15) is 19.8 Å². The van der Waals surface area contributed by atoms with Crippen molar-refractivity contribution in [2.24, 2.45) is 0 Å². The lowest BCUT2D eigenvalue weighted by Crippen LogP contribution is -2.46. The Morgan fingerprint density at radius 1 is 1.54 bits per heavy atom. The van der Waals surface area contributed by atoms with Crippen molar-refractivity contribution in [3.63, 3.8) is 0 Å². The zero-order valence-corrected chi connectivity index (χ0v) is 8.29. The fourth-order valence-electron chi connectivity index (χ4n) is 1.47. The number of amides is 1. The average Bonchev–Trinajstić information content (AvgIpc) is 2.08. The number of likely N-dealkylation sites (tertiary alicyclic amines) is 1. The Hall–Kier alpha value is -0.610. The summed E-state index contributed by atoms with van der Waals surface area (Å²) in [5.41, 5.74) is 0. The molecular formula is C9H18N2O2. The number of piperidine rings is 1. The van der Waals surface area contributed by atoms with Gasteiger partial charge < -0.3 is 15.3 Å². The molecule has 1 amide bonds. The molecule has 1 aliphatic heterocycles. The number of aliphatic hydroxyl groups is 1. The maximum absolute atomic E-state index is 11.1. The largest absolute Gasteiger partial charge is 0.384 e. The highest BCUT2D eigenvalue weighted by Gasteiger charge is 2.19. The second-order valence-electron chi connectivity index (χ2n) is 3.76. The molecule has 4 nitrogen and oxygen atoms in total. The summed E-state index contributed by atoms with van der Waals surface area (Å²) in [4.78, 5) is 13.4. The standard InChI is InChI=1S/C9H18N2O2/c1-7(12)9(13)10-8-3-5-11(2)6-4-8/h7-8,12H,3-6H2,1-2H3,(H,10,13)/t7-/m0/s1. The molecule has 0 radical (unpaired) electrons. The minimum absolute atomic E-state index is 0.248. The van der Waals surface area contributed by atoms with Crippen LogP contribution in [-0.2, 0) is 4.79 Å². The van der Waals surface area contributed by atoms with Crippen LogP contribution in [0.25, 0.3) is 0 Å². The van der Waals surface area contributed by atoms with Crippen molar-refractivity contribution in [2.75, 3.05) is 20.1 Å². The first kappa shape index (κ1) is 10.5. The van der Waals surface area contributed by atoms with Crippen molar-refractivity contribution < 1.29 is 9.90 Å². The second-order valence-corrected chi connectivity index (χ2v) is 3.76. The van der Waals surface area contributed by atoms with Gasteiger partial charge in [0.15, 0.2) is 0 Å². The molecule has 0 aromatic heterocycles. The van der Waals surface area contributed by atoms with E-state index in [2.05, 4.69) is 17.3 Å². The first-order valence-corrected chi connectivity index (χ1v) is 4.76. The molecule has 0 aromatic carbocycles. The molecule has 1 atom stereocenters. The van der Waals surface area contributed by atoms with Crippen LogP contribution in [0, 0.1) is 0 Å². The zero-order valence-electron chi connectivity index (χ0n) is 8.29. The normalized spacial score (nSPS) is 22.7. The first-order chi connectivity index (χ1) is 6.09. The Morgan fingerprint density at radius 3 is 2.54 bits per heavy atom. The van der Waals surface area contributed by atoms with Crippen LogP contribution in [-0.4, -0.2) is 48.2 Å². The molecule has 0 bridgehead atoms. The molecule has 0 aromatic rings. The number of hydrogen-bond acceptors (Lipinski definition) is 3. The smallest absolute Gasteiger partial charge is 0.248 e. The van der Waals surface area contributed by atoms with E-state index in [1.54, 1.807) is 0 Å². The Bertz CT molecular complexity index is 174. The highest BCUT2D eigenvalue weighted by atomic mass is 16.3. The number of aliphatic hydroxyl groups excluding tert-OH is 1. The Balaban J connectivity index is 2.26. The molecule has 13 heavy (non-hydrogen) atoms. The number of nitrogens with zero attached hydrogens (tertiary/aromatic N) is 1. The van der Waals surface area contributed by atoms with Crippen LogP contribution in [0.2, 0.25) is 0 Å². The zero-order chi connectivity index (χ0) is 9.84. The Labute approximate surface area is 78.9 Å². The van der Waals surface area contributed by atoms with Gasteiger partial charge in [-0.1, -0.05) is 0 Å². The van der Waals surface area contributed by atoms with Gasteiger partial charge in [0.05, 0.1) is 0 Å². The van der Waals surface area contributed by atoms with Crippen LogP contribution in [0.4, 0.5) is 0 Å².